The Morgan fingerprint density at radius 1 is 1.21 bits per heavy atom. The van der Waals surface area contributed by atoms with Crippen molar-refractivity contribution in [3.8, 4) is 0 Å². The predicted octanol–water partition coefficient (Wildman–Crippen LogP) is 4.28. The minimum absolute atomic E-state index is 0.309. The van der Waals surface area contributed by atoms with E-state index < -0.39 is 0 Å². The zero-order valence-electron chi connectivity index (χ0n) is 13.2. The highest BCUT2D eigenvalue weighted by Gasteiger charge is 2.42. The number of rotatable bonds is 7. The van der Waals surface area contributed by atoms with Gasteiger partial charge in [-0.15, -0.1) is 0 Å². The summed E-state index contributed by atoms with van der Waals surface area (Å²) in [4.78, 5) is 0. The number of hydrogen-bond acceptors (Lipinski definition) is 2. The van der Waals surface area contributed by atoms with Gasteiger partial charge in [0.25, 0.3) is 0 Å². The Morgan fingerprint density at radius 2 is 1.95 bits per heavy atom. The molecular formula is C17H33NO. The van der Waals surface area contributed by atoms with Gasteiger partial charge in [0, 0.05) is 6.04 Å². The summed E-state index contributed by atoms with van der Waals surface area (Å²) in [5, 5.41) is 3.66. The Balaban J connectivity index is 1.79. The van der Waals surface area contributed by atoms with Crippen molar-refractivity contribution in [3.05, 3.63) is 0 Å². The molecule has 3 unspecified atom stereocenters. The molecule has 2 rings (SSSR count). The molecule has 1 saturated carbocycles. The lowest BCUT2D eigenvalue weighted by Gasteiger charge is -2.28. The SMILES string of the molecule is CCCNC(C)C(CC)CC1CCC2(CCCC2)O1. The second-order valence-corrected chi connectivity index (χ2v) is 6.82. The van der Waals surface area contributed by atoms with E-state index in [0.29, 0.717) is 17.7 Å². The van der Waals surface area contributed by atoms with Crippen molar-refractivity contribution in [2.24, 2.45) is 5.92 Å². The highest BCUT2D eigenvalue weighted by atomic mass is 16.5. The van der Waals surface area contributed by atoms with E-state index in [9.17, 15) is 0 Å². The van der Waals surface area contributed by atoms with Crippen molar-refractivity contribution in [1.29, 1.82) is 0 Å². The third-order valence-corrected chi connectivity index (χ3v) is 5.37. The maximum Gasteiger partial charge on any atom is 0.0687 e. The van der Waals surface area contributed by atoms with Crippen LogP contribution in [0, 0.1) is 5.92 Å². The molecule has 2 nitrogen and oxygen atoms in total. The van der Waals surface area contributed by atoms with E-state index >= 15 is 0 Å². The van der Waals surface area contributed by atoms with Gasteiger partial charge < -0.3 is 10.1 Å². The quantitative estimate of drug-likeness (QED) is 0.743. The van der Waals surface area contributed by atoms with Crippen LogP contribution in [0.3, 0.4) is 0 Å². The van der Waals surface area contributed by atoms with Crippen LogP contribution in [0.5, 0.6) is 0 Å². The molecule has 2 aliphatic rings. The first-order chi connectivity index (χ1) is 9.19. The summed E-state index contributed by atoms with van der Waals surface area (Å²) in [5.41, 5.74) is 0.309. The molecule has 0 aromatic carbocycles. The van der Waals surface area contributed by atoms with Gasteiger partial charge in [-0.3, -0.25) is 0 Å². The highest BCUT2D eigenvalue weighted by molar-refractivity contribution is 4.93. The fourth-order valence-electron chi connectivity index (χ4n) is 4.05. The van der Waals surface area contributed by atoms with Gasteiger partial charge in [0.15, 0.2) is 0 Å². The molecule has 1 aliphatic heterocycles. The second-order valence-electron chi connectivity index (χ2n) is 6.82. The van der Waals surface area contributed by atoms with E-state index in [0.717, 1.165) is 12.5 Å². The summed E-state index contributed by atoms with van der Waals surface area (Å²) in [6, 6.07) is 0.633. The van der Waals surface area contributed by atoms with Crippen LogP contribution in [0.25, 0.3) is 0 Å². The first-order valence-corrected chi connectivity index (χ1v) is 8.60. The van der Waals surface area contributed by atoms with E-state index in [2.05, 4.69) is 26.1 Å². The van der Waals surface area contributed by atoms with E-state index in [1.54, 1.807) is 0 Å². The second kappa shape index (κ2) is 7.08. The van der Waals surface area contributed by atoms with Crippen LogP contribution in [-0.2, 0) is 4.74 Å². The van der Waals surface area contributed by atoms with Crippen LogP contribution >= 0.6 is 0 Å². The molecule has 0 aromatic rings. The lowest BCUT2D eigenvalue weighted by atomic mass is 9.90. The predicted molar refractivity (Wildman–Crippen MR) is 81.5 cm³/mol. The molecule has 19 heavy (non-hydrogen) atoms. The lowest BCUT2D eigenvalue weighted by molar-refractivity contribution is -0.0458. The lowest BCUT2D eigenvalue weighted by Crippen LogP contribution is -2.36. The van der Waals surface area contributed by atoms with E-state index in [4.69, 9.17) is 4.74 Å². The maximum atomic E-state index is 6.47. The molecule has 1 spiro atoms. The van der Waals surface area contributed by atoms with E-state index in [1.165, 1.54) is 57.8 Å². The minimum Gasteiger partial charge on any atom is -0.372 e. The monoisotopic (exact) mass is 267 g/mol. The summed E-state index contributed by atoms with van der Waals surface area (Å²) in [5.74, 6) is 0.771. The van der Waals surface area contributed by atoms with Crippen molar-refractivity contribution in [2.45, 2.75) is 96.3 Å². The molecule has 0 bridgehead atoms. The molecule has 2 fully saturated rings. The van der Waals surface area contributed by atoms with Gasteiger partial charge in [-0.25, -0.2) is 0 Å². The molecule has 1 saturated heterocycles. The summed E-state index contributed by atoms with van der Waals surface area (Å²) in [7, 11) is 0. The number of ether oxygens (including phenoxy) is 1. The molecule has 112 valence electrons. The molecule has 1 N–H and O–H groups in total. The van der Waals surface area contributed by atoms with Crippen molar-refractivity contribution < 1.29 is 4.74 Å². The Hall–Kier alpha value is -0.0800. The molecular weight excluding hydrogens is 234 g/mol. The largest absolute Gasteiger partial charge is 0.372 e. The average Bonchev–Trinajstić information content (AvgIpc) is 3.04. The van der Waals surface area contributed by atoms with Gasteiger partial charge >= 0.3 is 0 Å². The van der Waals surface area contributed by atoms with Gasteiger partial charge in [0.2, 0.25) is 0 Å². The Bertz CT molecular complexity index is 260. The minimum atomic E-state index is 0.309. The van der Waals surface area contributed by atoms with Gasteiger partial charge in [-0.2, -0.15) is 0 Å². The zero-order chi connectivity index (χ0) is 13.7. The summed E-state index contributed by atoms with van der Waals surface area (Å²) in [6.45, 7) is 8.07. The van der Waals surface area contributed by atoms with Crippen LogP contribution in [0.4, 0.5) is 0 Å². The van der Waals surface area contributed by atoms with Gasteiger partial charge in [0.1, 0.15) is 0 Å². The first kappa shape index (κ1) is 15.3. The average molecular weight is 267 g/mol. The van der Waals surface area contributed by atoms with Crippen LogP contribution in [-0.4, -0.2) is 24.3 Å². The normalized spacial score (nSPS) is 28.9. The standard InChI is InChI=1S/C17H33NO/c1-4-12-18-14(3)15(5-2)13-16-8-11-17(19-16)9-6-7-10-17/h14-16,18H,4-13H2,1-3H3. The van der Waals surface area contributed by atoms with Crippen molar-refractivity contribution in [1.82, 2.24) is 5.32 Å². The third-order valence-electron chi connectivity index (χ3n) is 5.37. The van der Waals surface area contributed by atoms with Gasteiger partial charge in [-0.05, 0) is 57.9 Å². The van der Waals surface area contributed by atoms with Gasteiger partial charge in [-0.1, -0.05) is 33.1 Å². The van der Waals surface area contributed by atoms with Crippen LogP contribution < -0.4 is 5.32 Å². The molecule has 0 amide bonds. The number of hydrogen-bond donors (Lipinski definition) is 1. The molecule has 2 heteroatoms. The van der Waals surface area contributed by atoms with E-state index in [1.807, 2.05) is 0 Å². The highest BCUT2D eigenvalue weighted by Crippen LogP contribution is 2.44. The summed E-state index contributed by atoms with van der Waals surface area (Å²) < 4.78 is 6.47. The Labute approximate surface area is 119 Å². The summed E-state index contributed by atoms with van der Waals surface area (Å²) >= 11 is 0. The fourth-order valence-corrected chi connectivity index (χ4v) is 4.05. The van der Waals surface area contributed by atoms with Crippen molar-refractivity contribution >= 4 is 0 Å². The topological polar surface area (TPSA) is 21.3 Å². The Kier molecular flexibility index (Phi) is 5.70. The van der Waals surface area contributed by atoms with Crippen LogP contribution in [0.1, 0.15) is 78.6 Å². The van der Waals surface area contributed by atoms with Crippen molar-refractivity contribution in [2.75, 3.05) is 6.54 Å². The molecule has 1 aliphatic carbocycles. The smallest absolute Gasteiger partial charge is 0.0687 e. The van der Waals surface area contributed by atoms with E-state index in [-0.39, 0.29) is 0 Å². The molecule has 1 heterocycles. The van der Waals surface area contributed by atoms with Gasteiger partial charge in [0.05, 0.1) is 11.7 Å². The molecule has 0 aromatic heterocycles. The summed E-state index contributed by atoms with van der Waals surface area (Å²) in [6.07, 6.45) is 12.3. The Morgan fingerprint density at radius 3 is 2.58 bits per heavy atom. The molecule has 3 atom stereocenters. The van der Waals surface area contributed by atoms with Crippen molar-refractivity contribution in [3.63, 3.8) is 0 Å². The zero-order valence-corrected chi connectivity index (χ0v) is 13.2. The third kappa shape index (κ3) is 3.95. The van der Waals surface area contributed by atoms with Crippen LogP contribution in [0.2, 0.25) is 0 Å². The first-order valence-electron chi connectivity index (χ1n) is 8.60. The molecule has 0 radical (unpaired) electrons. The number of nitrogens with one attached hydrogen (secondary N) is 1. The maximum absolute atomic E-state index is 6.47. The fraction of sp³-hybridized carbons (Fsp3) is 1.00. The van der Waals surface area contributed by atoms with Crippen LogP contribution in [0.15, 0.2) is 0 Å².